The predicted molar refractivity (Wildman–Crippen MR) is 181 cm³/mol. The van der Waals surface area contributed by atoms with Gasteiger partial charge in [-0.05, 0) is 61.4 Å². The number of rotatable bonds is 12. The maximum absolute atomic E-state index is 12.8. The molecule has 5 nitrogen and oxygen atoms in total. The molecule has 5 rings (SSSR count). The molecule has 4 aromatic rings. The summed E-state index contributed by atoms with van der Waals surface area (Å²) >= 11 is 3.68. The summed E-state index contributed by atoms with van der Waals surface area (Å²) < 4.78 is 17.1. The van der Waals surface area contributed by atoms with Crippen molar-refractivity contribution in [3.8, 4) is 5.75 Å². The molecule has 1 heterocycles. The minimum atomic E-state index is -0.274. The standard InChI is InChI=1S/C37H41NO4S2/c1-27-10-18-32(19-11-27)43-34-24-38(37(39)40-3)25-35(44-33-20-12-28(2)13-21-33)36(34)30-14-16-31(17-15-30)42-23-7-22-41-26-29-8-5-4-6-9-29/h4-6,8-21,34-36H,7,22-26H2,1-3H3/t34-,35+,36?. The number of carbonyl (C=O) groups excluding carboxylic acids is 1. The van der Waals surface area contributed by atoms with Crippen LogP contribution in [0.15, 0.2) is 113 Å². The molecule has 44 heavy (non-hydrogen) atoms. The summed E-state index contributed by atoms with van der Waals surface area (Å²) in [5, 5.41) is 0.282. The molecule has 1 aliphatic rings. The van der Waals surface area contributed by atoms with Crippen LogP contribution < -0.4 is 4.74 Å². The molecule has 1 saturated heterocycles. The van der Waals surface area contributed by atoms with Gasteiger partial charge in [-0.25, -0.2) is 4.79 Å². The molecule has 1 amide bonds. The van der Waals surface area contributed by atoms with Gasteiger partial charge in [0.2, 0.25) is 0 Å². The number of piperidine rings is 1. The van der Waals surface area contributed by atoms with Crippen LogP contribution in [0.1, 0.15) is 34.6 Å². The minimum absolute atomic E-state index is 0.141. The molecular weight excluding hydrogens is 587 g/mol. The summed E-state index contributed by atoms with van der Waals surface area (Å²) in [6.45, 7) is 7.31. The van der Waals surface area contributed by atoms with Gasteiger partial charge < -0.3 is 19.1 Å². The highest BCUT2D eigenvalue weighted by molar-refractivity contribution is 8.01. The molecule has 3 atom stereocenters. The fourth-order valence-electron chi connectivity index (χ4n) is 5.39. The summed E-state index contributed by atoms with van der Waals surface area (Å²) in [5.74, 6) is 1.06. The van der Waals surface area contributed by atoms with E-state index in [1.807, 2.05) is 46.6 Å². The van der Waals surface area contributed by atoms with Crippen molar-refractivity contribution >= 4 is 29.6 Å². The number of ether oxygens (including phenoxy) is 3. The van der Waals surface area contributed by atoms with Crippen LogP contribution in [0.25, 0.3) is 0 Å². The van der Waals surface area contributed by atoms with Crippen molar-refractivity contribution in [3.05, 3.63) is 125 Å². The third kappa shape index (κ3) is 9.07. The Labute approximate surface area is 270 Å². The highest BCUT2D eigenvalue weighted by Gasteiger charge is 2.41. The van der Waals surface area contributed by atoms with E-state index >= 15 is 0 Å². The minimum Gasteiger partial charge on any atom is -0.494 e. The van der Waals surface area contributed by atoms with Gasteiger partial charge in [-0.2, -0.15) is 0 Å². The van der Waals surface area contributed by atoms with Crippen LogP contribution in [-0.4, -0.2) is 54.9 Å². The van der Waals surface area contributed by atoms with E-state index in [0.29, 0.717) is 32.9 Å². The van der Waals surface area contributed by atoms with Crippen molar-refractivity contribution in [2.45, 2.75) is 53.1 Å². The van der Waals surface area contributed by atoms with E-state index in [4.69, 9.17) is 14.2 Å². The average molecular weight is 628 g/mol. The van der Waals surface area contributed by atoms with E-state index in [9.17, 15) is 4.79 Å². The number of nitrogens with zero attached hydrogens (tertiary/aromatic N) is 1. The summed E-state index contributed by atoms with van der Waals surface area (Å²) in [5.41, 5.74) is 4.90. The zero-order valence-electron chi connectivity index (χ0n) is 25.7. The van der Waals surface area contributed by atoms with Crippen molar-refractivity contribution in [1.82, 2.24) is 4.90 Å². The van der Waals surface area contributed by atoms with Gasteiger partial charge >= 0.3 is 6.09 Å². The first-order valence-corrected chi connectivity index (χ1v) is 16.9. The Morgan fingerprint density at radius 3 is 1.86 bits per heavy atom. The summed E-state index contributed by atoms with van der Waals surface area (Å²) in [6, 6.07) is 36.1. The number of amides is 1. The average Bonchev–Trinajstić information content (AvgIpc) is 3.05. The van der Waals surface area contributed by atoms with Crippen LogP contribution in [0.5, 0.6) is 5.75 Å². The summed E-state index contributed by atoms with van der Waals surface area (Å²) in [6.07, 6.45) is 0.550. The number of aryl methyl sites for hydroxylation is 2. The van der Waals surface area contributed by atoms with Gasteiger partial charge in [0, 0.05) is 45.7 Å². The zero-order chi connectivity index (χ0) is 30.7. The first-order valence-electron chi connectivity index (χ1n) is 15.1. The van der Waals surface area contributed by atoms with E-state index in [0.717, 1.165) is 12.2 Å². The fraction of sp³-hybridized carbons (Fsp3) is 0.324. The molecule has 0 spiro atoms. The second-order valence-electron chi connectivity index (χ2n) is 11.1. The molecule has 1 aliphatic heterocycles. The van der Waals surface area contributed by atoms with Crippen LogP contribution in [0.3, 0.4) is 0 Å². The molecule has 4 aromatic carbocycles. The number of carbonyl (C=O) groups is 1. The highest BCUT2D eigenvalue weighted by Crippen LogP contribution is 2.45. The SMILES string of the molecule is COC(=O)N1C[C@H](Sc2ccc(C)cc2)C(c2ccc(OCCCOCc3ccccc3)cc2)[C@H](Sc2ccc(C)cc2)C1. The number of likely N-dealkylation sites (tertiary alicyclic amines) is 1. The smallest absolute Gasteiger partial charge is 0.409 e. The summed E-state index contributed by atoms with van der Waals surface area (Å²) in [4.78, 5) is 17.1. The molecule has 7 heteroatoms. The Kier molecular flexibility index (Phi) is 11.7. The Bertz CT molecular complexity index is 1390. The van der Waals surface area contributed by atoms with Gasteiger partial charge in [-0.1, -0.05) is 77.9 Å². The molecule has 0 bridgehead atoms. The van der Waals surface area contributed by atoms with Crippen LogP contribution in [-0.2, 0) is 16.1 Å². The summed E-state index contributed by atoms with van der Waals surface area (Å²) in [7, 11) is 1.47. The molecule has 0 aliphatic carbocycles. The number of hydrogen-bond donors (Lipinski definition) is 0. The third-order valence-electron chi connectivity index (χ3n) is 7.73. The first kappa shape index (κ1) is 32.0. The van der Waals surface area contributed by atoms with Crippen LogP contribution >= 0.6 is 23.5 Å². The Balaban J connectivity index is 1.30. The van der Waals surface area contributed by atoms with Crippen molar-refractivity contribution in [3.63, 3.8) is 0 Å². The van der Waals surface area contributed by atoms with E-state index in [1.165, 1.54) is 39.2 Å². The number of methoxy groups -OCH3 is 1. The van der Waals surface area contributed by atoms with Gasteiger partial charge in [-0.15, -0.1) is 23.5 Å². The molecule has 0 radical (unpaired) electrons. The monoisotopic (exact) mass is 627 g/mol. The molecular formula is C37H41NO4S2. The van der Waals surface area contributed by atoms with E-state index in [2.05, 4.69) is 98.8 Å². The van der Waals surface area contributed by atoms with E-state index in [1.54, 1.807) is 0 Å². The topological polar surface area (TPSA) is 48.0 Å². The van der Waals surface area contributed by atoms with E-state index in [-0.39, 0.29) is 22.5 Å². The van der Waals surface area contributed by atoms with Crippen LogP contribution in [0.4, 0.5) is 4.79 Å². The third-order valence-corrected chi connectivity index (χ3v) is 10.3. The van der Waals surface area contributed by atoms with Crippen LogP contribution in [0, 0.1) is 13.8 Å². The second kappa shape index (κ2) is 16.1. The van der Waals surface area contributed by atoms with Crippen molar-refractivity contribution in [2.24, 2.45) is 0 Å². The Morgan fingerprint density at radius 1 is 0.750 bits per heavy atom. The molecule has 0 saturated carbocycles. The van der Waals surface area contributed by atoms with Crippen molar-refractivity contribution in [2.75, 3.05) is 33.4 Å². The maximum Gasteiger partial charge on any atom is 0.409 e. The highest BCUT2D eigenvalue weighted by atomic mass is 32.2. The number of benzene rings is 4. The normalized spacial score (nSPS) is 18.2. The van der Waals surface area contributed by atoms with Crippen LogP contribution in [0.2, 0.25) is 0 Å². The Hall–Kier alpha value is -3.39. The van der Waals surface area contributed by atoms with Gasteiger partial charge in [0.05, 0.1) is 26.9 Å². The van der Waals surface area contributed by atoms with E-state index < -0.39 is 0 Å². The largest absolute Gasteiger partial charge is 0.494 e. The molecule has 1 unspecified atom stereocenters. The Morgan fingerprint density at radius 2 is 1.32 bits per heavy atom. The van der Waals surface area contributed by atoms with Gasteiger partial charge in [-0.3, -0.25) is 0 Å². The lowest BCUT2D eigenvalue weighted by Crippen LogP contribution is -2.50. The lowest BCUT2D eigenvalue weighted by atomic mass is 9.88. The second-order valence-corrected chi connectivity index (χ2v) is 13.8. The lowest BCUT2D eigenvalue weighted by molar-refractivity contribution is 0.107. The first-order chi connectivity index (χ1) is 21.5. The number of hydrogen-bond acceptors (Lipinski definition) is 6. The number of thioether (sulfide) groups is 2. The predicted octanol–water partition coefficient (Wildman–Crippen LogP) is 8.78. The lowest BCUT2D eigenvalue weighted by Gasteiger charge is -2.43. The van der Waals surface area contributed by atoms with Crippen molar-refractivity contribution in [1.29, 1.82) is 0 Å². The van der Waals surface area contributed by atoms with Crippen molar-refractivity contribution < 1.29 is 19.0 Å². The maximum atomic E-state index is 12.8. The molecule has 1 fully saturated rings. The molecule has 230 valence electrons. The van der Waals surface area contributed by atoms with Gasteiger partial charge in [0.1, 0.15) is 5.75 Å². The fourth-order valence-corrected chi connectivity index (χ4v) is 8.27. The quantitative estimate of drug-likeness (QED) is 0.146. The molecule has 0 N–H and O–H groups in total. The van der Waals surface area contributed by atoms with Gasteiger partial charge in [0.25, 0.3) is 0 Å². The molecule has 0 aromatic heterocycles. The van der Waals surface area contributed by atoms with Gasteiger partial charge in [0.15, 0.2) is 0 Å². The zero-order valence-corrected chi connectivity index (χ0v) is 27.3.